The summed E-state index contributed by atoms with van der Waals surface area (Å²) in [7, 11) is 3.20. The van der Waals surface area contributed by atoms with Gasteiger partial charge in [0.1, 0.15) is 6.61 Å². The van der Waals surface area contributed by atoms with Gasteiger partial charge in [-0.05, 0) is 43.7 Å². The molecular formula is C22H32IN3O5. The van der Waals surface area contributed by atoms with E-state index in [9.17, 15) is 0 Å². The Morgan fingerprint density at radius 3 is 2.26 bits per heavy atom. The van der Waals surface area contributed by atoms with Crippen molar-refractivity contribution in [1.29, 1.82) is 0 Å². The van der Waals surface area contributed by atoms with Crippen LogP contribution in [0.25, 0.3) is 0 Å². The molecular weight excluding hydrogens is 513 g/mol. The summed E-state index contributed by atoms with van der Waals surface area (Å²) < 4.78 is 21.8. The molecule has 31 heavy (non-hydrogen) atoms. The van der Waals surface area contributed by atoms with E-state index >= 15 is 0 Å². The van der Waals surface area contributed by atoms with Crippen LogP contribution in [0.5, 0.6) is 23.0 Å². The Labute approximate surface area is 201 Å². The fourth-order valence-corrected chi connectivity index (χ4v) is 2.72. The number of aliphatic hydroxyl groups is 1. The van der Waals surface area contributed by atoms with E-state index in [0.717, 1.165) is 17.8 Å². The van der Waals surface area contributed by atoms with E-state index in [1.165, 1.54) is 0 Å². The highest BCUT2D eigenvalue weighted by Gasteiger charge is 2.08. The van der Waals surface area contributed by atoms with Gasteiger partial charge in [0, 0.05) is 18.3 Å². The minimum Gasteiger partial charge on any atom is -0.493 e. The second kappa shape index (κ2) is 14.6. The van der Waals surface area contributed by atoms with Gasteiger partial charge in [0.2, 0.25) is 0 Å². The van der Waals surface area contributed by atoms with Crippen LogP contribution in [0.4, 0.5) is 5.69 Å². The number of rotatable bonds is 11. The minimum atomic E-state index is -0.0523. The van der Waals surface area contributed by atoms with Crippen LogP contribution < -0.4 is 29.6 Å². The summed E-state index contributed by atoms with van der Waals surface area (Å²) in [5, 5.41) is 15.4. The highest BCUT2D eigenvalue weighted by atomic mass is 127. The molecule has 0 amide bonds. The molecule has 2 aromatic carbocycles. The number of benzene rings is 2. The zero-order valence-corrected chi connectivity index (χ0v) is 20.8. The number of ether oxygens (including phenoxy) is 4. The highest BCUT2D eigenvalue weighted by Crippen LogP contribution is 2.30. The number of hydrogen-bond donors (Lipinski definition) is 3. The molecule has 172 valence electrons. The summed E-state index contributed by atoms with van der Waals surface area (Å²) in [4.78, 5) is 4.65. The molecule has 0 aromatic heterocycles. The van der Waals surface area contributed by atoms with Gasteiger partial charge in [0.15, 0.2) is 29.0 Å². The second-order valence-electron chi connectivity index (χ2n) is 6.18. The molecule has 0 aliphatic rings. The molecule has 0 atom stereocenters. The number of hydrogen-bond acceptors (Lipinski definition) is 6. The molecule has 0 radical (unpaired) electrons. The van der Waals surface area contributed by atoms with Crippen molar-refractivity contribution in [3.8, 4) is 23.0 Å². The third-order valence-electron chi connectivity index (χ3n) is 4.07. The molecule has 2 aromatic rings. The third-order valence-corrected chi connectivity index (χ3v) is 4.07. The average molecular weight is 545 g/mol. The van der Waals surface area contributed by atoms with Crippen LogP contribution in [0.3, 0.4) is 0 Å². The minimum absolute atomic E-state index is 0. The van der Waals surface area contributed by atoms with Crippen molar-refractivity contribution in [2.45, 2.75) is 20.4 Å². The van der Waals surface area contributed by atoms with Gasteiger partial charge in [-0.15, -0.1) is 24.0 Å². The van der Waals surface area contributed by atoms with Crippen molar-refractivity contribution in [2.75, 3.05) is 45.9 Å². The topological polar surface area (TPSA) is 93.6 Å². The highest BCUT2D eigenvalue weighted by molar-refractivity contribution is 14.0. The molecule has 2 rings (SSSR count). The van der Waals surface area contributed by atoms with Crippen LogP contribution >= 0.6 is 24.0 Å². The lowest BCUT2D eigenvalue weighted by atomic mass is 10.2. The maximum atomic E-state index is 8.93. The van der Waals surface area contributed by atoms with E-state index in [2.05, 4.69) is 15.6 Å². The zero-order chi connectivity index (χ0) is 21.8. The molecule has 9 heteroatoms. The lowest BCUT2D eigenvalue weighted by Crippen LogP contribution is -2.30. The van der Waals surface area contributed by atoms with Gasteiger partial charge in [0.05, 0.1) is 34.0 Å². The third kappa shape index (κ3) is 8.33. The van der Waals surface area contributed by atoms with Crippen molar-refractivity contribution in [2.24, 2.45) is 4.99 Å². The Morgan fingerprint density at radius 1 is 0.935 bits per heavy atom. The van der Waals surface area contributed by atoms with E-state index in [-0.39, 0.29) is 37.2 Å². The second-order valence-corrected chi connectivity index (χ2v) is 6.18. The standard InChI is InChI=1S/C22H31N3O5.HI/c1-5-23-22(25-17-8-10-18(29-6-2)21(14-17)28-4)24-15-16-7-9-19(30-12-11-26)20(13-16)27-3;/h7-10,13-14,26H,5-6,11-12,15H2,1-4H3,(H2,23,24,25);1H. The van der Waals surface area contributed by atoms with E-state index in [1.807, 2.05) is 50.2 Å². The van der Waals surface area contributed by atoms with Gasteiger partial charge in [0.25, 0.3) is 0 Å². The normalized spacial score (nSPS) is 10.7. The predicted molar refractivity (Wildman–Crippen MR) is 134 cm³/mol. The summed E-state index contributed by atoms with van der Waals surface area (Å²) in [6.07, 6.45) is 0. The number of anilines is 1. The van der Waals surface area contributed by atoms with Crippen molar-refractivity contribution in [3.63, 3.8) is 0 Å². The number of methoxy groups -OCH3 is 2. The van der Waals surface area contributed by atoms with Gasteiger partial charge in [-0.3, -0.25) is 0 Å². The monoisotopic (exact) mass is 545 g/mol. The largest absolute Gasteiger partial charge is 0.493 e. The first-order valence-corrected chi connectivity index (χ1v) is 9.91. The number of aliphatic imine (C=N–C) groups is 1. The quantitative estimate of drug-likeness (QED) is 0.226. The van der Waals surface area contributed by atoms with Crippen molar-refractivity contribution in [1.82, 2.24) is 5.32 Å². The van der Waals surface area contributed by atoms with E-state index in [4.69, 9.17) is 24.1 Å². The number of guanidine groups is 1. The van der Waals surface area contributed by atoms with Gasteiger partial charge < -0.3 is 34.7 Å². The van der Waals surface area contributed by atoms with Crippen LogP contribution in [0.15, 0.2) is 41.4 Å². The van der Waals surface area contributed by atoms with Crippen molar-refractivity contribution < 1.29 is 24.1 Å². The first-order valence-electron chi connectivity index (χ1n) is 9.91. The molecule has 0 spiro atoms. The van der Waals surface area contributed by atoms with Gasteiger partial charge in [-0.1, -0.05) is 6.07 Å². The number of nitrogens with one attached hydrogen (secondary N) is 2. The molecule has 0 unspecified atom stereocenters. The Bertz CT molecular complexity index is 833. The van der Waals surface area contributed by atoms with E-state index < -0.39 is 0 Å². The van der Waals surface area contributed by atoms with Crippen LogP contribution in [-0.4, -0.2) is 51.7 Å². The van der Waals surface area contributed by atoms with Crippen LogP contribution in [0.1, 0.15) is 19.4 Å². The maximum absolute atomic E-state index is 8.93. The summed E-state index contributed by atoms with van der Waals surface area (Å²) in [5.41, 5.74) is 1.80. The lowest BCUT2D eigenvalue weighted by molar-refractivity contribution is 0.196. The van der Waals surface area contributed by atoms with E-state index in [0.29, 0.717) is 42.1 Å². The number of nitrogens with zero attached hydrogens (tertiary/aromatic N) is 1. The molecule has 0 bridgehead atoms. The first-order chi connectivity index (χ1) is 14.6. The summed E-state index contributed by atoms with van der Waals surface area (Å²) >= 11 is 0. The van der Waals surface area contributed by atoms with Crippen LogP contribution in [-0.2, 0) is 6.54 Å². The number of aliphatic hydroxyl groups excluding tert-OH is 1. The zero-order valence-electron chi connectivity index (χ0n) is 18.4. The summed E-state index contributed by atoms with van der Waals surface area (Å²) in [6.45, 7) is 5.84. The molecule has 0 saturated carbocycles. The Kier molecular flexibility index (Phi) is 12.5. The number of halogens is 1. The van der Waals surface area contributed by atoms with Crippen LogP contribution in [0.2, 0.25) is 0 Å². The van der Waals surface area contributed by atoms with Gasteiger partial charge in [-0.2, -0.15) is 0 Å². The van der Waals surface area contributed by atoms with E-state index in [1.54, 1.807) is 14.2 Å². The SMILES string of the molecule is CCNC(=NCc1ccc(OCCO)c(OC)c1)Nc1ccc(OCC)c(OC)c1.I. The average Bonchev–Trinajstić information content (AvgIpc) is 2.77. The summed E-state index contributed by atoms with van der Waals surface area (Å²) in [5.74, 6) is 3.18. The maximum Gasteiger partial charge on any atom is 0.196 e. The van der Waals surface area contributed by atoms with Gasteiger partial charge >= 0.3 is 0 Å². The molecule has 0 fully saturated rings. The molecule has 0 saturated heterocycles. The van der Waals surface area contributed by atoms with Crippen LogP contribution in [0, 0.1) is 0 Å². The smallest absolute Gasteiger partial charge is 0.196 e. The predicted octanol–water partition coefficient (Wildman–Crippen LogP) is 3.67. The summed E-state index contributed by atoms with van der Waals surface area (Å²) in [6, 6.07) is 11.3. The molecule has 8 nitrogen and oxygen atoms in total. The van der Waals surface area contributed by atoms with Crippen molar-refractivity contribution >= 4 is 35.6 Å². The fourth-order valence-electron chi connectivity index (χ4n) is 2.72. The fraction of sp³-hybridized carbons (Fsp3) is 0.409. The Balaban J connectivity index is 0.00000480. The van der Waals surface area contributed by atoms with Crippen molar-refractivity contribution in [3.05, 3.63) is 42.0 Å². The Hall–Kier alpha value is -2.40. The molecule has 3 N–H and O–H groups in total. The first kappa shape index (κ1) is 26.6. The Morgan fingerprint density at radius 2 is 1.61 bits per heavy atom. The molecule has 0 aliphatic carbocycles. The van der Waals surface area contributed by atoms with Gasteiger partial charge in [-0.25, -0.2) is 4.99 Å². The molecule has 0 heterocycles. The lowest BCUT2D eigenvalue weighted by Gasteiger charge is -2.15. The molecule has 0 aliphatic heterocycles.